The zero-order valence-corrected chi connectivity index (χ0v) is 17.2. The normalized spacial score (nSPS) is 16.2. The van der Waals surface area contributed by atoms with Crippen molar-refractivity contribution in [1.29, 1.82) is 0 Å². The number of rotatable bonds is 5. The van der Waals surface area contributed by atoms with Crippen LogP contribution in [0.25, 0.3) is 10.2 Å². The van der Waals surface area contributed by atoms with Crippen LogP contribution >= 0.6 is 11.3 Å². The van der Waals surface area contributed by atoms with E-state index < -0.39 is 0 Å². The van der Waals surface area contributed by atoms with Crippen LogP contribution in [-0.4, -0.2) is 34.4 Å². The first-order valence-corrected chi connectivity index (χ1v) is 10.6. The minimum atomic E-state index is 0.103. The van der Waals surface area contributed by atoms with E-state index in [-0.39, 0.29) is 11.8 Å². The molecule has 0 unspecified atom stereocenters. The Labute approximate surface area is 178 Å². The summed E-state index contributed by atoms with van der Waals surface area (Å²) in [5.74, 6) is 1.51. The number of aromatic nitrogens is 2. The highest BCUT2D eigenvalue weighted by Crippen LogP contribution is 2.35. The van der Waals surface area contributed by atoms with Crippen LogP contribution in [-0.2, 0) is 4.79 Å². The molecule has 1 saturated heterocycles. The first kappa shape index (κ1) is 18.6. The number of thiazole rings is 1. The molecule has 30 heavy (non-hydrogen) atoms. The standard InChI is InChI=1S/C23H20N4O2S/c1-27-14-15(13-21(27)28)18-5-4-12-24-22(18)29-17-10-8-16(9-11-17)25-23-26-19-6-2-3-7-20(19)30-23/h2-12,15H,13-14H2,1H3,(H,25,26)/t15-/m1/s1. The molecule has 0 radical (unpaired) electrons. The minimum absolute atomic E-state index is 0.103. The molecule has 4 aromatic rings. The van der Waals surface area contributed by atoms with Crippen LogP contribution in [0.2, 0.25) is 0 Å². The molecule has 1 atom stereocenters. The Hall–Kier alpha value is -3.45. The lowest BCUT2D eigenvalue weighted by Crippen LogP contribution is -2.18. The van der Waals surface area contributed by atoms with Crippen LogP contribution in [0, 0.1) is 0 Å². The maximum absolute atomic E-state index is 11.9. The fourth-order valence-corrected chi connectivity index (χ4v) is 4.52. The number of amides is 1. The van der Waals surface area contributed by atoms with Gasteiger partial charge in [-0.15, -0.1) is 0 Å². The average Bonchev–Trinajstić information content (AvgIpc) is 3.32. The fourth-order valence-electron chi connectivity index (χ4n) is 3.64. The van der Waals surface area contributed by atoms with Crippen LogP contribution in [0.5, 0.6) is 11.6 Å². The van der Waals surface area contributed by atoms with Crippen LogP contribution in [0.15, 0.2) is 66.9 Å². The van der Waals surface area contributed by atoms with Crippen molar-refractivity contribution in [3.8, 4) is 11.6 Å². The summed E-state index contributed by atoms with van der Waals surface area (Å²) in [5.41, 5.74) is 2.89. The number of anilines is 2. The predicted molar refractivity (Wildman–Crippen MR) is 119 cm³/mol. The lowest BCUT2D eigenvalue weighted by Gasteiger charge is -2.15. The van der Waals surface area contributed by atoms with Gasteiger partial charge in [0.05, 0.1) is 10.2 Å². The van der Waals surface area contributed by atoms with Gasteiger partial charge in [-0.3, -0.25) is 4.79 Å². The Morgan fingerprint density at radius 3 is 2.70 bits per heavy atom. The molecule has 2 aromatic carbocycles. The molecule has 1 aliphatic heterocycles. The van der Waals surface area contributed by atoms with E-state index >= 15 is 0 Å². The third kappa shape index (κ3) is 3.71. The number of hydrogen-bond donors (Lipinski definition) is 1. The molecule has 0 saturated carbocycles. The Balaban J connectivity index is 1.31. The highest BCUT2D eigenvalue weighted by molar-refractivity contribution is 7.22. The van der Waals surface area contributed by atoms with Crippen molar-refractivity contribution >= 4 is 38.3 Å². The SMILES string of the molecule is CN1C[C@H](c2cccnc2Oc2ccc(Nc3nc4ccccc4s3)cc2)CC1=O. The number of para-hydroxylation sites is 1. The van der Waals surface area contributed by atoms with Gasteiger partial charge >= 0.3 is 0 Å². The first-order chi connectivity index (χ1) is 14.7. The number of ether oxygens (including phenoxy) is 1. The summed E-state index contributed by atoms with van der Waals surface area (Å²) < 4.78 is 7.22. The second-order valence-electron chi connectivity index (χ2n) is 7.31. The van der Waals surface area contributed by atoms with Crippen molar-refractivity contribution in [2.24, 2.45) is 0 Å². The third-order valence-electron chi connectivity index (χ3n) is 5.20. The van der Waals surface area contributed by atoms with Gasteiger partial charge in [0.2, 0.25) is 11.8 Å². The number of fused-ring (bicyclic) bond motifs is 1. The Bertz CT molecular complexity index is 1170. The molecule has 0 aliphatic carbocycles. The van der Waals surface area contributed by atoms with E-state index in [0.717, 1.165) is 26.6 Å². The number of benzene rings is 2. The number of carbonyl (C=O) groups is 1. The van der Waals surface area contributed by atoms with Gasteiger partial charge in [-0.2, -0.15) is 0 Å². The van der Waals surface area contributed by atoms with Crippen LogP contribution in [0.3, 0.4) is 0 Å². The number of pyridine rings is 1. The molecule has 150 valence electrons. The summed E-state index contributed by atoms with van der Waals surface area (Å²) in [5, 5.41) is 4.20. The molecule has 1 N–H and O–H groups in total. The van der Waals surface area contributed by atoms with Crippen molar-refractivity contribution in [3.05, 3.63) is 72.4 Å². The number of carbonyl (C=O) groups excluding carboxylic acids is 1. The van der Waals surface area contributed by atoms with Gasteiger partial charge in [0.15, 0.2) is 5.13 Å². The average molecular weight is 417 g/mol. The highest BCUT2D eigenvalue weighted by Gasteiger charge is 2.30. The monoisotopic (exact) mass is 416 g/mol. The van der Waals surface area contributed by atoms with Gasteiger partial charge in [0, 0.05) is 43.4 Å². The van der Waals surface area contributed by atoms with E-state index in [2.05, 4.69) is 21.4 Å². The molecule has 2 aromatic heterocycles. The topological polar surface area (TPSA) is 67.3 Å². The van der Waals surface area contributed by atoms with Crippen LogP contribution in [0.4, 0.5) is 10.8 Å². The lowest BCUT2D eigenvalue weighted by molar-refractivity contribution is -0.126. The summed E-state index contributed by atoms with van der Waals surface area (Å²) >= 11 is 1.62. The van der Waals surface area contributed by atoms with Gasteiger partial charge in [-0.05, 0) is 42.5 Å². The number of nitrogens with one attached hydrogen (secondary N) is 1. The van der Waals surface area contributed by atoms with Gasteiger partial charge in [-0.1, -0.05) is 29.5 Å². The summed E-state index contributed by atoms with van der Waals surface area (Å²) in [6, 6.07) is 19.7. The summed E-state index contributed by atoms with van der Waals surface area (Å²) in [6.07, 6.45) is 2.20. The molecular weight excluding hydrogens is 396 g/mol. The fraction of sp³-hybridized carbons (Fsp3) is 0.174. The van der Waals surface area contributed by atoms with Gasteiger partial charge < -0.3 is 15.0 Å². The second-order valence-corrected chi connectivity index (χ2v) is 8.34. The van der Waals surface area contributed by atoms with Crippen molar-refractivity contribution in [1.82, 2.24) is 14.9 Å². The molecule has 0 bridgehead atoms. The number of likely N-dealkylation sites (tertiary alicyclic amines) is 1. The van der Waals surface area contributed by atoms with Crippen molar-refractivity contribution in [2.45, 2.75) is 12.3 Å². The molecule has 6 nitrogen and oxygen atoms in total. The first-order valence-electron chi connectivity index (χ1n) is 9.75. The van der Waals surface area contributed by atoms with E-state index in [1.165, 1.54) is 0 Å². The second kappa shape index (κ2) is 7.76. The van der Waals surface area contributed by atoms with Crippen LogP contribution < -0.4 is 10.1 Å². The summed E-state index contributed by atoms with van der Waals surface area (Å²) in [6.45, 7) is 0.686. The third-order valence-corrected chi connectivity index (χ3v) is 6.15. The Morgan fingerprint density at radius 2 is 1.93 bits per heavy atom. The zero-order chi connectivity index (χ0) is 20.5. The molecule has 1 aliphatic rings. The quantitative estimate of drug-likeness (QED) is 0.486. The Kier molecular flexibility index (Phi) is 4.80. The van der Waals surface area contributed by atoms with E-state index in [1.807, 2.05) is 61.6 Å². The maximum Gasteiger partial charge on any atom is 0.223 e. The lowest BCUT2D eigenvalue weighted by atomic mass is 9.99. The minimum Gasteiger partial charge on any atom is -0.439 e. The largest absolute Gasteiger partial charge is 0.439 e. The zero-order valence-electron chi connectivity index (χ0n) is 16.4. The van der Waals surface area contributed by atoms with Gasteiger partial charge in [0.25, 0.3) is 0 Å². The summed E-state index contributed by atoms with van der Waals surface area (Å²) in [4.78, 5) is 22.7. The highest BCUT2D eigenvalue weighted by atomic mass is 32.1. The Morgan fingerprint density at radius 1 is 1.10 bits per heavy atom. The van der Waals surface area contributed by atoms with Crippen molar-refractivity contribution in [2.75, 3.05) is 18.9 Å². The summed E-state index contributed by atoms with van der Waals surface area (Å²) in [7, 11) is 1.83. The van der Waals surface area contributed by atoms with E-state index in [9.17, 15) is 4.79 Å². The van der Waals surface area contributed by atoms with Gasteiger partial charge in [-0.25, -0.2) is 9.97 Å². The van der Waals surface area contributed by atoms with E-state index in [0.29, 0.717) is 24.6 Å². The molecule has 0 spiro atoms. The van der Waals surface area contributed by atoms with Crippen molar-refractivity contribution < 1.29 is 9.53 Å². The van der Waals surface area contributed by atoms with Crippen LogP contribution in [0.1, 0.15) is 17.9 Å². The number of nitrogens with zero attached hydrogens (tertiary/aromatic N) is 3. The molecule has 7 heteroatoms. The van der Waals surface area contributed by atoms with E-state index in [4.69, 9.17) is 4.74 Å². The molecular formula is C23H20N4O2S. The van der Waals surface area contributed by atoms with Gasteiger partial charge in [0.1, 0.15) is 5.75 Å². The molecule has 5 rings (SSSR count). The predicted octanol–water partition coefficient (Wildman–Crippen LogP) is 5.17. The molecule has 1 fully saturated rings. The van der Waals surface area contributed by atoms with E-state index in [1.54, 1.807) is 22.4 Å². The number of hydrogen-bond acceptors (Lipinski definition) is 6. The van der Waals surface area contributed by atoms with Crippen molar-refractivity contribution in [3.63, 3.8) is 0 Å². The maximum atomic E-state index is 11.9. The molecule has 1 amide bonds. The number of likely N-dealkylation sites (N-methyl/N-ethyl adjacent to an activating group) is 1. The molecule has 3 heterocycles. The smallest absolute Gasteiger partial charge is 0.223 e.